The predicted octanol–water partition coefficient (Wildman–Crippen LogP) is 13.1. The van der Waals surface area contributed by atoms with Gasteiger partial charge in [0.1, 0.15) is 5.82 Å². The lowest BCUT2D eigenvalue weighted by atomic mass is 9.67. The van der Waals surface area contributed by atoms with Gasteiger partial charge in [0.25, 0.3) is 0 Å². The van der Waals surface area contributed by atoms with Gasteiger partial charge in [0.2, 0.25) is 0 Å². The van der Waals surface area contributed by atoms with Gasteiger partial charge in [-0.15, -0.1) is 0 Å². The zero-order valence-corrected chi connectivity index (χ0v) is 29.4. The van der Waals surface area contributed by atoms with Crippen molar-refractivity contribution in [2.45, 2.75) is 5.41 Å². The van der Waals surface area contributed by atoms with Gasteiger partial charge >= 0.3 is 0 Å². The monoisotopic (exact) mass is 684 g/mol. The van der Waals surface area contributed by atoms with Crippen molar-refractivity contribution >= 4 is 54.1 Å². The van der Waals surface area contributed by atoms with Crippen molar-refractivity contribution in [3.8, 4) is 28.2 Å². The maximum absolute atomic E-state index is 5.21. The number of nitrogens with zero attached hydrogens (tertiary/aromatic N) is 2. The topological polar surface area (TPSA) is 17.8 Å². The molecule has 0 radical (unpaired) electrons. The first kappa shape index (κ1) is 29.5. The zero-order chi connectivity index (χ0) is 35.4. The highest BCUT2D eigenvalue weighted by molar-refractivity contribution is 6.33. The summed E-state index contributed by atoms with van der Waals surface area (Å²) in [6, 6.07) is 71.6. The predicted molar refractivity (Wildman–Crippen MR) is 225 cm³/mol. The van der Waals surface area contributed by atoms with Crippen LogP contribution < -0.4 is 0 Å². The van der Waals surface area contributed by atoms with E-state index in [4.69, 9.17) is 4.98 Å². The van der Waals surface area contributed by atoms with Crippen molar-refractivity contribution in [1.29, 1.82) is 0 Å². The van der Waals surface area contributed by atoms with E-state index in [9.17, 15) is 0 Å². The Labute approximate surface area is 312 Å². The first-order chi connectivity index (χ1) is 26.8. The maximum atomic E-state index is 5.21. The minimum absolute atomic E-state index is 0.545. The number of hydrogen-bond donors (Lipinski definition) is 0. The van der Waals surface area contributed by atoms with Crippen LogP contribution in [0.3, 0.4) is 0 Å². The molecule has 1 aromatic heterocycles. The lowest BCUT2D eigenvalue weighted by molar-refractivity contribution is 0.771. The summed E-state index contributed by atoms with van der Waals surface area (Å²) in [5.41, 5.74) is 11.4. The molecule has 1 aliphatic rings. The summed E-state index contributed by atoms with van der Waals surface area (Å²) >= 11 is 0. The lowest BCUT2D eigenvalue weighted by Gasteiger charge is -2.34. The highest BCUT2D eigenvalue weighted by Crippen LogP contribution is 2.57. The molecule has 0 amide bonds. The van der Waals surface area contributed by atoms with E-state index in [1.54, 1.807) is 0 Å². The van der Waals surface area contributed by atoms with Crippen LogP contribution in [0.5, 0.6) is 0 Å². The van der Waals surface area contributed by atoms with Crippen molar-refractivity contribution in [3.63, 3.8) is 0 Å². The number of rotatable bonds is 4. The summed E-state index contributed by atoms with van der Waals surface area (Å²) < 4.78 is 2.28. The second-order valence-corrected chi connectivity index (χ2v) is 14.7. The van der Waals surface area contributed by atoms with E-state index >= 15 is 0 Å². The van der Waals surface area contributed by atoms with Crippen LogP contribution in [0.1, 0.15) is 22.3 Å². The standard InChI is InChI=1S/C52H32N2/c1-2-16-38(17-3-1)54-48-26-9-8-25-47(48)53-51(54)34-27-29-36(30-28-34)52(45-23-6-4-18-39(45)40-19-5-7-24-46(40)52)37-31-35-15-12-21-42-41-20-10-13-33-14-11-22-43(49(33)41)44(32-37)50(35)42/h1-32H. The molecule has 0 atom stereocenters. The van der Waals surface area contributed by atoms with Gasteiger partial charge in [0.15, 0.2) is 0 Å². The molecular formula is C52H32N2. The molecule has 12 rings (SSSR count). The SMILES string of the molecule is c1ccc(-n2c(-c3ccc(C4(c5cc6cccc7c8cccc9cccc(c(c5)c67)c98)c5ccccc5-c5ccccc54)cc3)nc3ccccc32)cc1. The number of imidazole rings is 1. The third-order valence-corrected chi connectivity index (χ3v) is 12.0. The van der Waals surface area contributed by atoms with Crippen LogP contribution in [0, 0.1) is 0 Å². The van der Waals surface area contributed by atoms with Gasteiger partial charge in [-0.25, -0.2) is 4.98 Å². The van der Waals surface area contributed by atoms with E-state index in [1.807, 2.05) is 0 Å². The molecule has 0 aliphatic heterocycles. The molecule has 0 N–H and O–H groups in total. The van der Waals surface area contributed by atoms with Gasteiger partial charge in [-0.2, -0.15) is 0 Å². The second kappa shape index (κ2) is 11.0. The van der Waals surface area contributed by atoms with Crippen LogP contribution in [-0.2, 0) is 5.41 Å². The minimum Gasteiger partial charge on any atom is -0.292 e. The smallest absolute Gasteiger partial charge is 0.145 e. The zero-order valence-electron chi connectivity index (χ0n) is 29.4. The average Bonchev–Trinajstić information content (AvgIpc) is 3.78. The highest BCUT2D eigenvalue weighted by Gasteiger charge is 2.46. The van der Waals surface area contributed by atoms with Gasteiger partial charge in [-0.3, -0.25) is 4.57 Å². The summed E-state index contributed by atoms with van der Waals surface area (Å²) in [5.74, 6) is 0.935. The third kappa shape index (κ3) is 3.87. The molecule has 0 unspecified atom stereocenters. The normalized spacial score (nSPS) is 13.3. The second-order valence-electron chi connectivity index (χ2n) is 14.7. The van der Waals surface area contributed by atoms with Crippen molar-refractivity contribution in [2.24, 2.45) is 0 Å². The Morgan fingerprint density at radius 1 is 0.407 bits per heavy atom. The number of hydrogen-bond acceptors (Lipinski definition) is 1. The van der Waals surface area contributed by atoms with Crippen LogP contribution in [0.25, 0.3) is 82.3 Å². The molecule has 11 aromatic rings. The number of aromatic nitrogens is 2. The van der Waals surface area contributed by atoms with Gasteiger partial charge in [-0.1, -0.05) is 158 Å². The van der Waals surface area contributed by atoms with E-state index in [2.05, 4.69) is 199 Å². The van der Waals surface area contributed by atoms with E-state index in [1.165, 1.54) is 76.5 Å². The first-order valence-electron chi connectivity index (χ1n) is 18.7. The van der Waals surface area contributed by atoms with Crippen molar-refractivity contribution < 1.29 is 0 Å². The summed E-state index contributed by atoms with van der Waals surface area (Å²) in [6.45, 7) is 0. The van der Waals surface area contributed by atoms with Crippen molar-refractivity contribution in [1.82, 2.24) is 9.55 Å². The summed E-state index contributed by atoms with van der Waals surface area (Å²) in [7, 11) is 0. The van der Waals surface area contributed by atoms with E-state index in [-0.39, 0.29) is 0 Å². The Morgan fingerprint density at radius 3 is 1.69 bits per heavy atom. The Morgan fingerprint density at radius 2 is 0.981 bits per heavy atom. The molecule has 1 aliphatic carbocycles. The fourth-order valence-corrected chi connectivity index (χ4v) is 9.82. The summed E-state index contributed by atoms with van der Waals surface area (Å²) in [6.07, 6.45) is 0. The van der Waals surface area contributed by atoms with Gasteiger partial charge in [0, 0.05) is 11.3 Å². The molecule has 2 heteroatoms. The Hall–Kier alpha value is -7.03. The maximum Gasteiger partial charge on any atom is 0.145 e. The summed E-state index contributed by atoms with van der Waals surface area (Å²) in [4.78, 5) is 5.21. The molecule has 0 saturated heterocycles. The molecule has 0 fully saturated rings. The van der Waals surface area contributed by atoms with Gasteiger partial charge in [-0.05, 0) is 113 Å². The van der Waals surface area contributed by atoms with Crippen LogP contribution in [0.15, 0.2) is 194 Å². The molecule has 250 valence electrons. The van der Waals surface area contributed by atoms with E-state index < -0.39 is 5.41 Å². The largest absolute Gasteiger partial charge is 0.292 e. The van der Waals surface area contributed by atoms with Crippen LogP contribution in [-0.4, -0.2) is 9.55 Å². The molecule has 0 bridgehead atoms. The van der Waals surface area contributed by atoms with Gasteiger partial charge < -0.3 is 0 Å². The highest BCUT2D eigenvalue weighted by atomic mass is 15.1. The lowest BCUT2D eigenvalue weighted by Crippen LogP contribution is -2.28. The Kier molecular flexibility index (Phi) is 6.01. The number of benzene rings is 10. The minimum atomic E-state index is -0.545. The Balaban J connectivity index is 1.16. The quantitative estimate of drug-likeness (QED) is 0.133. The fraction of sp³-hybridized carbons (Fsp3) is 0.0192. The van der Waals surface area contributed by atoms with E-state index in [0.717, 1.165) is 28.1 Å². The molecule has 10 aromatic carbocycles. The average molecular weight is 685 g/mol. The van der Waals surface area contributed by atoms with Gasteiger partial charge in [0.05, 0.1) is 16.4 Å². The molecular weight excluding hydrogens is 653 g/mol. The number of para-hydroxylation sites is 3. The van der Waals surface area contributed by atoms with Crippen molar-refractivity contribution in [2.75, 3.05) is 0 Å². The molecule has 2 nitrogen and oxygen atoms in total. The molecule has 1 heterocycles. The Bertz CT molecular complexity index is 3210. The third-order valence-electron chi connectivity index (χ3n) is 12.0. The first-order valence-corrected chi connectivity index (χ1v) is 18.7. The molecule has 0 spiro atoms. The van der Waals surface area contributed by atoms with Crippen LogP contribution in [0.2, 0.25) is 0 Å². The molecule has 0 saturated carbocycles. The van der Waals surface area contributed by atoms with E-state index in [0.29, 0.717) is 0 Å². The molecule has 54 heavy (non-hydrogen) atoms. The van der Waals surface area contributed by atoms with Crippen LogP contribution in [0.4, 0.5) is 0 Å². The summed E-state index contributed by atoms with van der Waals surface area (Å²) in [5, 5.41) is 10.4. The number of fused-ring (bicyclic) bond motifs is 6. The van der Waals surface area contributed by atoms with Crippen LogP contribution >= 0.6 is 0 Å². The fourth-order valence-electron chi connectivity index (χ4n) is 9.82. The van der Waals surface area contributed by atoms with Crippen molar-refractivity contribution in [3.05, 3.63) is 216 Å².